The smallest absolute Gasteiger partial charge is 0.356 e. The Morgan fingerprint density at radius 1 is 1.05 bits per heavy atom. The van der Waals surface area contributed by atoms with Gasteiger partial charge in [-0.05, 0) is 31.2 Å². The molecule has 0 saturated carbocycles. The molecule has 108 valence electrons. The van der Waals surface area contributed by atoms with Crippen LogP contribution in [-0.2, 0) is 0 Å². The summed E-state index contributed by atoms with van der Waals surface area (Å²) in [6.45, 7) is 1.97. The fraction of sp³-hybridized carbons (Fsp3) is 0.105. The van der Waals surface area contributed by atoms with Crippen molar-refractivity contribution in [1.82, 2.24) is 0 Å². The zero-order valence-electron chi connectivity index (χ0n) is 12.3. The lowest BCUT2D eigenvalue weighted by Crippen LogP contribution is -2.07. The molecule has 0 saturated heterocycles. The summed E-state index contributed by atoms with van der Waals surface area (Å²) < 4.78 is 10.8. The molecule has 3 heteroatoms. The third-order valence-electron chi connectivity index (χ3n) is 3.32. The van der Waals surface area contributed by atoms with Crippen LogP contribution < -0.4 is 10.4 Å². The molecule has 0 fully saturated rings. The quantitative estimate of drug-likeness (QED) is 0.508. The van der Waals surface area contributed by atoms with Gasteiger partial charge < -0.3 is 9.15 Å². The number of hydrogen-bond acceptors (Lipinski definition) is 3. The predicted molar refractivity (Wildman–Crippen MR) is 86.2 cm³/mol. The van der Waals surface area contributed by atoms with Crippen LogP contribution >= 0.6 is 0 Å². The van der Waals surface area contributed by atoms with Crippen molar-refractivity contribution in [2.24, 2.45) is 0 Å². The largest absolute Gasteiger partial charge is 0.494 e. The lowest BCUT2D eigenvalue weighted by Gasteiger charge is -2.07. The van der Waals surface area contributed by atoms with E-state index in [1.165, 1.54) is 7.11 Å². The Kier molecular flexibility index (Phi) is 3.67. The summed E-state index contributed by atoms with van der Waals surface area (Å²) in [6, 6.07) is 15.0. The van der Waals surface area contributed by atoms with Crippen LogP contribution in [0.1, 0.15) is 16.7 Å². The highest BCUT2D eigenvalue weighted by molar-refractivity contribution is 5.86. The maximum absolute atomic E-state index is 12.2. The Bertz CT molecular complexity index is 941. The zero-order valence-corrected chi connectivity index (χ0v) is 12.3. The van der Waals surface area contributed by atoms with E-state index in [0.29, 0.717) is 11.3 Å². The van der Waals surface area contributed by atoms with Gasteiger partial charge in [0.05, 0.1) is 12.5 Å². The van der Waals surface area contributed by atoms with Crippen LogP contribution in [0.5, 0.6) is 5.75 Å². The Morgan fingerprint density at radius 3 is 2.55 bits per heavy atom. The molecule has 3 rings (SSSR count). The molecule has 0 radical (unpaired) electrons. The molecule has 0 bridgehead atoms. The molecule has 0 spiro atoms. The molecule has 1 heterocycles. The number of aryl methyl sites for hydroxylation is 1. The average Bonchev–Trinajstić information content (AvgIpc) is 2.54. The highest BCUT2D eigenvalue weighted by atomic mass is 16.5. The van der Waals surface area contributed by atoms with Crippen molar-refractivity contribution in [2.75, 3.05) is 7.11 Å². The van der Waals surface area contributed by atoms with E-state index in [1.807, 2.05) is 49.4 Å². The second-order valence-electron chi connectivity index (χ2n) is 4.91. The molecule has 0 aliphatic heterocycles. The summed E-state index contributed by atoms with van der Waals surface area (Å²) in [7, 11) is 1.53. The van der Waals surface area contributed by atoms with Crippen molar-refractivity contribution in [3.63, 3.8) is 0 Å². The van der Waals surface area contributed by atoms with Gasteiger partial charge in [0.1, 0.15) is 5.58 Å². The lowest BCUT2D eigenvalue weighted by molar-refractivity contribution is 0.411. The summed E-state index contributed by atoms with van der Waals surface area (Å²) in [6.07, 6.45) is 0. The van der Waals surface area contributed by atoms with E-state index in [9.17, 15) is 4.79 Å². The van der Waals surface area contributed by atoms with Crippen LogP contribution in [0.4, 0.5) is 0 Å². The van der Waals surface area contributed by atoms with E-state index in [1.54, 1.807) is 6.07 Å². The summed E-state index contributed by atoms with van der Waals surface area (Å²) in [5.41, 5.74) is 2.13. The molecule has 0 atom stereocenters. The minimum atomic E-state index is -0.489. The second-order valence-corrected chi connectivity index (χ2v) is 4.91. The number of methoxy groups -OCH3 is 1. The van der Waals surface area contributed by atoms with E-state index in [0.717, 1.165) is 16.5 Å². The van der Waals surface area contributed by atoms with Crippen molar-refractivity contribution >= 4 is 11.0 Å². The summed E-state index contributed by atoms with van der Waals surface area (Å²) in [4.78, 5) is 12.2. The lowest BCUT2D eigenvalue weighted by atomic mass is 10.1. The van der Waals surface area contributed by atoms with Crippen LogP contribution in [0, 0.1) is 18.8 Å². The van der Waals surface area contributed by atoms with Crippen LogP contribution in [0.15, 0.2) is 57.7 Å². The van der Waals surface area contributed by atoms with Gasteiger partial charge in [0.25, 0.3) is 0 Å². The number of rotatable bonds is 1. The highest BCUT2D eigenvalue weighted by Gasteiger charge is 2.13. The average molecular weight is 290 g/mol. The molecule has 0 aliphatic carbocycles. The summed E-state index contributed by atoms with van der Waals surface area (Å²) >= 11 is 0. The van der Waals surface area contributed by atoms with Gasteiger partial charge in [-0.15, -0.1) is 0 Å². The standard InChI is InChI=1S/C19H14O3/c1-13-8-11-17-16(12-13)18(21-2)15(19(20)22-17)10-9-14-6-4-3-5-7-14/h3-8,11-12H,1-2H3. The fourth-order valence-electron chi connectivity index (χ4n) is 2.26. The van der Waals surface area contributed by atoms with Gasteiger partial charge in [0.2, 0.25) is 0 Å². The monoisotopic (exact) mass is 290 g/mol. The van der Waals surface area contributed by atoms with Gasteiger partial charge in [-0.2, -0.15) is 0 Å². The molecule has 22 heavy (non-hydrogen) atoms. The second kappa shape index (κ2) is 5.79. The first-order valence-electron chi connectivity index (χ1n) is 6.87. The van der Waals surface area contributed by atoms with Crippen molar-refractivity contribution in [3.05, 3.63) is 75.6 Å². The van der Waals surface area contributed by atoms with Crippen LogP contribution in [0.2, 0.25) is 0 Å². The minimum Gasteiger partial charge on any atom is -0.494 e. The van der Waals surface area contributed by atoms with Gasteiger partial charge in [-0.25, -0.2) is 4.79 Å². The van der Waals surface area contributed by atoms with Gasteiger partial charge >= 0.3 is 5.63 Å². The van der Waals surface area contributed by atoms with Gasteiger partial charge in [-0.1, -0.05) is 41.7 Å². The molecular formula is C19H14O3. The molecule has 1 aromatic heterocycles. The van der Waals surface area contributed by atoms with E-state index in [4.69, 9.17) is 9.15 Å². The maximum atomic E-state index is 12.2. The van der Waals surface area contributed by atoms with E-state index < -0.39 is 5.63 Å². The molecule has 2 aromatic carbocycles. The topological polar surface area (TPSA) is 39.4 Å². The number of fused-ring (bicyclic) bond motifs is 1. The van der Waals surface area contributed by atoms with Crippen LogP contribution in [-0.4, -0.2) is 7.11 Å². The molecule has 0 unspecified atom stereocenters. The SMILES string of the molecule is COc1c(C#Cc2ccccc2)c(=O)oc2ccc(C)cc12. The van der Waals surface area contributed by atoms with E-state index in [2.05, 4.69) is 11.8 Å². The minimum absolute atomic E-state index is 0.240. The fourth-order valence-corrected chi connectivity index (χ4v) is 2.26. The summed E-state index contributed by atoms with van der Waals surface area (Å²) in [5.74, 6) is 6.30. The first kappa shape index (κ1) is 14.0. The normalized spacial score (nSPS) is 10.1. The molecule has 3 aromatic rings. The first-order chi connectivity index (χ1) is 10.7. The Balaban J connectivity index is 2.23. The molecular weight excluding hydrogens is 276 g/mol. The van der Waals surface area contributed by atoms with Gasteiger partial charge in [0, 0.05) is 5.56 Å². The van der Waals surface area contributed by atoms with Crippen molar-refractivity contribution in [3.8, 4) is 17.6 Å². The van der Waals surface area contributed by atoms with Gasteiger partial charge in [-0.3, -0.25) is 0 Å². The Morgan fingerprint density at radius 2 is 1.82 bits per heavy atom. The molecule has 0 aliphatic rings. The molecule has 0 amide bonds. The van der Waals surface area contributed by atoms with Gasteiger partial charge in [0.15, 0.2) is 11.3 Å². The maximum Gasteiger partial charge on any atom is 0.356 e. The summed E-state index contributed by atoms with van der Waals surface area (Å²) in [5, 5.41) is 0.750. The predicted octanol–water partition coefficient (Wildman–Crippen LogP) is 3.51. The highest BCUT2D eigenvalue weighted by Crippen LogP contribution is 2.27. The number of ether oxygens (including phenoxy) is 1. The first-order valence-corrected chi connectivity index (χ1v) is 6.87. The molecule has 0 N–H and O–H groups in total. The van der Waals surface area contributed by atoms with E-state index in [-0.39, 0.29) is 5.56 Å². The van der Waals surface area contributed by atoms with Crippen LogP contribution in [0.25, 0.3) is 11.0 Å². The third-order valence-corrected chi connectivity index (χ3v) is 3.32. The third kappa shape index (κ3) is 2.59. The Labute approximate surface area is 128 Å². The van der Waals surface area contributed by atoms with Crippen LogP contribution in [0.3, 0.4) is 0 Å². The Hall–Kier alpha value is -2.99. The zero-order chi connectivity index (χ0) is 15.5. The van der Waals surface area contributed by atoms with Crippen molar-refractivity contribution < 1.29 is 9.15 Å². The van der Waals surface area contributed by atoms with E-state index >= 15 is 0 Å². The van der Waals surface area contributed by atoms with Crippen molar-refractivity contribution in [1.29, 1.82) is 0 Å². The number of hydrogen-bond donors (Lipinski definition) is 0. The molecule has 3 nitrogen and oxygen atoms in total. The number of benzene rings is 2. The van der Waals surface area contributed by atoms with Crippen molar-refractivity contribution in [2.45, 2.75) is 6.92 Å².